The van der Waals surface area contributed by atoms with Crippen LogP contribution in [0.4, 0.5) is 0 Å². The Morgan fingerprint density at radius 3 is 2.65 bits per heavy atom. The number of H-pyrrole nitrogens is 1. The van der Waals surface area contributed by atoms with Gasteiger partial charge in [-0.2, -0.15) is 10.1 Å². The number of aromatic hydroxyl groups is 1. The summed E-state index contributed by atoms with van der Waals surface area (Å²) < 4.78 is 5.11. The molecule has 17 heavy (non-hydrogen) atoms. The molecule has 0 unspecified atom stereocenters. The minimum atomic E-state index is 0.201. The van der Waals surface area contributed by atoms with Gasteiger partial charge < -0.3 is 9.63 Å². The zero-order chi connectivity index (χ0) is 11.7. The van der Waals surface area contributed by atoms with Gasteiger partial charge in [0.05, 0.1) is 11.8 Å². The fraction of sp³-hybridized carbons (Fsp3) is 0. The maximum Gasteiger partial charge on any atom is 0.261 e. The monoisotopic (exact) mass is 228 g/mol. The smallest absolute Gasteiger partial charge is 0.261 e. The summed E-state index contributed by atoms with van der Waals surface area (Å²) >= 11 is 0. The molecule has 0 aliphatic carbocycles. The first kappa shape index (κ1) is 9.59. The van der Waals surface area contributed by atoms with Crippen molar-refractivity contribution in [2.75, 3.05) is 0 Å². The average Bonchev–Trinajstić information content (AvgIpc) is 3.00. The quantitative estimate of drug-likeness (QED) is 0.698. The van der Waals surface area contributed by atoms with E-state index in [9.17, 15) is 5.11 Å². The first-order chi connectivity index (χ1) is 8.33. The predicted molar refractivity (Wildman–Crippen MR) is 59.0 cm³/mol. The summed E-state index contributed by atoms with van der Waals surface area (Å²) in [4.78, 5) is 4.23. The molecule has 0 aliphatic heterocycles. The lowest BCUT2D eigenvalue weighted by Crippen LogP contribution is -1.79. The molecule has 0 saturated heterocycles. The largest absolute Gasteiger partial charge is 0.508 e. The van der Waals surface area contributed by atoms with E-state index in [0.29, 0.717) is 11.7 Å². The number of benzene rings is 1. The van der Waals surface area contributed by atoms with Gasteiger partial charge in [0.2, 0.25) is 5.82 Å². The minimum Gasteiger partial charge on any atom is -0.508 e. The molecule has 0 amide bonds. The Balaban J connectivity index is 1.98. The molecule has 6 nitrogen and oxygen atoms in total. The maximum absolute atomic E-state index is 9.18. The molecule has 0 bridgehead atoms. The van der Waals surface area contributed by atoms with Crippen molar-refractivity contribution in [3.8, 4) is 28.6 Å². The van der Waals surface area contributed by atoms with Gasteiger partial charge >= 0.3 is 0 Å². The van der Waals surface area contributed by atoms with E-state index in [1.165, 1.54) is 0 Å². The molecule has 0 aliphatic rings. The Hall–Kier alpha value is -2.63. The Morgan fingerprint density at radius 1 is 1.12 bits per heavy atom. The van der Waals surface area contributed by atoms with Gasteiger partial charge in [-0.25, -0.2) is 0 Å². The van der Waals surface area contributed by atoms with Gasteiger partial charge in [-0.1, -0.05) is 5.16 Å². The van der Waals surface area contributed by atoms with Gasteiger partial charge in [0.15, 0.2) is 0 Å². The lowest BCUT2D eigenvalue weighted by Gasteiger charge is -1.93. The van der Waals surface area contributed by atoms with Crippen LogP contribution in [0.3, 0.4) is 0 Å². The van der Waals surface area contributed by atoms with Crippen LogP contribution in [0.5, 0.6) is 5.75 Å². The Kier molecular flexibility index (Phi) is 2.11. The lowest BCUT2D eigenvalue weighted by molar-refractivity contribution is 0.432. The molecule has 2 N–H and O–H groups in total. The molecule has 0 saturated carbocycles. The zero-order valence-electron chi connectivity index (χ0n) is 8.66. The highest BCUT2D eigenvalue weighted by Gasteiger charge is 2.10. The van der Waals surface area contributed by atoms with Crippen LogP contribution in [0, 0.1) is 0 Å². The first-order valence-corrected chi connectivity index (χ1v) is 4.95. The number of phenols is 1. The third-order valence-electron chi connectivity index (χ3n) is 2.30. The normalized spacial score (nSPS) is 10.6. The van der Waals surface area contributed by atoms with E-state index in [4.69, 9.17) is 4.52 Å². The summed E-state index contributed by atoms with van der Waals surface area (Å²) in [5, 5.41) is 19.5. The second kappa shape index (κ2) is 3.75. The van der Waals surface area contributed by atoms with E-state index >= 15 is 0 Å². The fourth-order valence-corrected chi connectivity index (χ4v) is 1.44. The molecule has 1 aromatic carbocycles. The van der Waals surface area contributed by atoms with Gasteiger partial charge in [0, 0.05) is 11.8 Å². The Bertz CT molecular complexity index is 613. The van der Waals surface area contributed by atoms with Gasteiger partial charge in [-0.05, 0) is 24.3 Å². The van der Waals surface area contributed by atoms with Crippen molar-refractivity contribution in [1.82, 2.24) is 20.3 Å². The second-order valence-electron chi connectivity index (χ2n) is 3.46. The van der Waals surface area contributed by atoms with Gasteiger partial charge in [0.25, 0.3) is 5.89 Å². The van der Waals surface area contributed by atoms with Crippen LogP contribution in [0.1, 0.15) is 0 Å². The third-order valence-corrected chi connectivity index (χ3v) is 2.30. The van der Waals surface area contributed by atoms with Gasteiger partial charge in [-0.15, -0.1) is 0 Å². The second-order valence-corrected chi connectivity index (χ2v) is 3.46. The summed E-state index contributed by atoms with van der Waals surface area (Å²) in [5.41, 5.74) is 1.52. The SMILES string of the molecule is Oc1ccc(-c2noc(-c3cn[nH]c3)n2)cc1. The number of nitrogens with one attached hydrogen (secondary N) is 1. The number of hydrogen-bond acceptors (Lipinski definition) is 5. The highest BCUT2D eigenvalue weighted by molar-refractivity contribution is 5.59. The lowest BCUT2D eigenvalue weighted by atomic mass is 10.2. The maximum atomic E-state index is 9.18. The molecule has 0 radical (unpaired) electrons. The molecule has 0 atom stereocenters. The molecule has 3 rings (SSSR count). The highest BCUT2D eigenvalue weighted by Crippen LogP contribution is 2.22. The molecule has 0 fully saturated rings. The summed E-state index contributed by atoms with van der Waals surface area (Å²) in [6, 6.07) is 6.59. The van der Waals surface area contributed by atoms with E-state index in [2.05, 4.69) is 20.3 Å². The number of rotatable bonds is 2. The van der Waals surface area contributed by atoms with Crippen molar-refractivity contribution in [2.45, 2.75) is 0 Å². The molecule has 84 valence electrons. The molecule has 0 spiro atoms. The van der Waals surface area contributed by atoms with Crippen molar-refractivity contribution >= 4 is 0 Å². The molecular weight excluding hydrogens is 220 g/mol. The van der Waals surface area contributed by atoms with Crippen LogP contribution in [0.15, 0.2) is 41.2 Å². The highest BCUT2D eigenvalue weighted by atomic mass is 16.5. The molecule has 2 heterocycles. The Labute approximate surface area is 95.9 Å². The van der Waals surface area contributed by atoms with Crippen LogP contribution in [0.2, 0.25) is 0 Å². The van der Waals surface area contributed by atoms with Crippen LogP contribution < -0.4 is 0 Å². The molecule has 3 aromatic rings. The number of hydrogen-bond donors (Lipinski definition) is 2. The van der Waals surface area contributed by atoms with Gasteiger partial charge in [0.1, 0.15) is 5.75 Å². The van der Waals surface area contributed by atoms with Crippen LogP contribution in [-0.4, -0.2) is 25.4 Å². The van der Waals surface area contributed by atoms with Crippen molar-refractivity contribution in [3.05, 3.63) is 36.7 Å². The standard InChI is InChI=1S/C11H8N4O2/c16-9-3-1-7(2-4-9)10-14-11(17-15-10)8-5-12-13-6-8/h1-6,16H,(H,12,13). The predicted octanol–water partition coefficient (Wildman–Crippen LogP) is 1.83. The van der Waals surface area contributed by atoms with Crippen LogP contribution >= 0.6 is 0 Å². The van der Waals surface area contributed by atoms with Crippen molar-refractivity contribution in [1.29, 1.82) is 0 Å². The molecule has 2 aromatic heterocycles. The van der Waals surface area contributed by atoms with Gasteiger partial charge in [-0.3, -0.25) is 5.10 Å². The number of aromatic nitrogens is 4. The number of aromatic amines is 1. The molecule has 6 heteroatoms. The summed E-state index contributed by atoms with van der Waals surface area (Å²) in [7, 11) is 0. The summed E-state index contributed by atoms with van der Waals surface area (Å²) in [6.45, 7) is 0. The number of phenolic OH excluding ortho intramolecular Hbond substituents is 1. The Morgan fingerprint density at radius 2 is 1.94 bits per heavy atom. The molecular formula is C11H8N4O2. The van der Waals surface area contributed by atoms with Crippen LogP contribution in [0.25, 0.3) is 22.8 Å². The third kappa shape index (κ3) is 1.76. The van der Waals surface area contributed by atoms with Crippen molar-refractivity contribution < 1.29 is 9.63 Å². The van der Waals surface area contributed by atoms with E-state index in [1.807, 2.05) is 0 Å². The van der Waals surface area contributed by atoms with Crippen molar-refractivity contribution in [2.24, 2.45) is 0 Å². The van der Waals surface area contributed by atoms with E-state index in [0.717, 1.165) is 11.1 Å². The fourth-order valence-electron chi connectivity index (χ4n) is 1.44. The topological polar surface area (TPSA) is 87.8 Å². The van der Waals surface area contributed by atoms with Crippen molar-refractivity contribution in [3.63, 3.8) is 0 Å². The summed E-state index contributed by atoms with van der Waals surface area (Å²) in [6.07, 6.45) is 3.28. The summed E-state index contributed by atoms with van der Waals surface area (Å²) in [5.74, 6) is 1.08. The number of nitrogens with zero attached hydrogens (tertiary/aromatic N) is 3. The first-order valence-electron chi connectivity index (χ1n) is 4.95. The van der Waals surface area contributed by atoms with E-state index in [-0.39, 0.29) is 5.75 Å². The average molecular weight is 228 g/mol. The minimum absolute atomic E-state index is 0.201. The zero-order valence-corrected chi connectivity index (χ0v) is 8.66. The van der Waals surface area contributed by atoms with E-state index in [1.54, 1.807) is 36.7 Å². The van der Waals surface area contributed by atoms with Crippen LogP contribution in [-0.2, 0) is 0 Å². The van der Waals surface area contributed by atoms with E-state index < -0.39 is 0 Å².